The van der Waals surface area contributed by atoms with Crippen LogP contribution in [-0.4, -0.2) is 68.3 Å². The number of alkyl halides is 3. The lowest BCUT2D eigenvalue weighted by Crippen LogP contribution is -2.43. The fourth-order valence-corrected chi connectivity index (χ4v) is 3.16. The molecule has 2 heterocycles. The van der Waals surface area contributed by atoms with Gasteiger partial charge in [0.05, 0.1) is 24.3 Å². The van der Waals surface area contributed by atoms with Crippen molar-refractivity contribution in [2.24, 2.45) is 4.99 Å². The predicted molar refractivity (Wildman–Crippen MR) is 107 cm³/mol. The van der Waals surface area contributed by atoms with E-state index < -0.39 is 11.9 Å². The summed E-state index contributed by atoms with van der Waals surface area (Å²) in [5, 5.41) is 7.74. The molecule has 0 aliphatic carbocycles. The van der Waals surface area contributed by atoms with Crippen LogP contribution in [0.1, 0.15) is 17.6 Å². The van der Waals surface area contributed by atoms with Gasteiger partial charge in [-0.1, -0.05) is 0 Å². The maximum Gasteiger partial charge on any atom is 0.434 e. The smallest absolute Gasteiger partial charge is 0.374 e. The van der Waals surface area contributed by atoms with Gasteiger partial charge in [0.1, 0.15) is 0 Å². The number of nitrogens with zero attached hydrogens (tertiary/aromatic N) is 3. The number of aliphatic imine (C=N–C) groups is 1. The van der Waals surface area contributed by atoms with Crippen molar-refractivity contribution in [2.45, 2.75) is 25.6 Å². The lowest BCUT2D eigenvalue weighted by Gasteiger charge is -2.29. The summed E-state index contributed by atoms with van der Waals surface area (Å²) < 4.78 is 43.3. The van der Waals surface area contributed by atoms with Crippen LogP contribution in [0.25, 0.3) is 0 Å². The van der Waals surface area contributed by atoms with Crippen molar-refractivity contribution in [3.8, 4) is 0 Å². The Labute approximate surface area is 172 Å². The standard InChI is InChI=1S/C15H24F3N5OS.HI/c1-3-19-14(21-8-11-9-23(2)6-7-24-11)20-5-4-13-22-12(10-25-13)15(16,17)18;/h10-11H,3-9H2,1-2H3,(H2,19,20,21);1H. The second-order valence-corrected chi connectivity index (χ2v) is 6.72. The van der Waals surface area contributed by atoms with Gasteiger partial charge >= 0.3 is 6.18 Å². The number of hydrogen-bond acceptors (Lipinski definition) is 5. The van der Waals surface area contributed by atoms with Crippen molar-refractivity contribution in [3.05, 3.63) is 16.1 Å². The van der Waals surface area contributed by atoms with Crippen LogP contribution in [0.2, 0.25) is 0 Å². The molecule has 6 nitrogen and oxygen atoms in total. The highest BCUT2D eigenvalue weighted by Crippen LogP contribution is 2.29. The summed E-state index contributed by atoms with van der Waals surface area (Å²) in [7, 11) is 2.05. The van der Waals surface area contributed by atoms with Gasteiger partial charge in [-0.2, -0.15) is 13.2 Å². The summed E-state index contributed by atoms with van der Waals surface area (Å²) in [6.45, 7) is 6.11. The van der Waals surface area contributed by atoms with Gasteiger partial charge in [-0.05, 0) is 14.0 Å². The summed E-state index contributed by atoms with van der Waals surface area (Å²) in [6.07, 6.45) is -3.91. The summed E-state index contributed by atoms with van der Waals surface area (Å²) in [6, 6.07) is 0. The van der Waals surface area contributed by atoms with E-state index in [2.05, 4.69) is 25.5 Å². The van der Waals surface area contributed by atoms with Gasteiger partial charge in [0.15, 0.2) is 11.7 Å². The van der Waals surface area contributed by atoms with Crippen molar-refractivity contribution in [2.75, 3.05) is 46.4 Å². The van der Waals surface area contributed by atoms with E-state index in [9.17, 15) is 13.2 Å². The van der Waals surface area contributed by atoms with Crippen LogP contribution in [0.3, 0.4) is 0 Å². The maximum absolute atomic E-state index is 12.5. The highest BCUT2D eigenvalue weighted by molar-refractivity contribution is 14.0. The largest absolute Gasteiger partial charge is 0.434 e. The number of rotatable bonds is 6. The molecule has 0 saturated carbocycles. The number of aromatic nitrogens is 1. The second kappa shape index (κ2) is 11.2. The first-order chi connectivity index (χ1) is 11.9. The van der Waals surface area contributed by atoms with Gasteiger partial charge in [-0.25, -0.2) is 4.98 Å². The molecule has 0 bridgehead atoms. The molecule has 1 aromatic rings. The quantitative estimate of drug-likeness (QED) is 0.352. The molecule has 1 aromatic heterocycles. The van der Waals surface area contributed by atoms with Crippen LogP contribution in [-0.2, 0) is 17.3 Å². The minimum Gasteiger partial charge on any atom is -0.374 e. The highest BCUT2D eigenvalue weighted by Gasteiger charge is 2.33. The summed E-state index contributed by atoms with van der Waals surface area (Å²) in [5.74, 6) is 0.631. The fourth-order valence-electron chi connectivity index (χ4n) is 2.36. The molecule has 0 amide bonds. The van der Waals surface area contributed by atoms with Crippen molar-refractivity contribution in [1.29, 1.82) is 0 Å². The van der Waals surface area contributed by atoms with E-state index in [4.69, 9.17) is 4.74 Å². The fraction of sp³-hybridized carbons (Fsp3) is 0.733. The Kier molecular flexibility index (Phi) is 10.1. The third kappa shape index (κ3) is 7.92. The molecule has 150 valence electrons. The molecule has 1 fully saturated rings. The molecule has 1 unspecified atom stereocenters. The van der Waals surface area contributed by atoms with Crippen LogP contribution in [0, 0.1) is 0 Å². The van der Waals surface area contributed by atoms with Gasteiger partial charge in [0.25, 0.3) is 0 Å². The summed E-state index contributed by atoms with van der Waals surface area (Å²) >= 11 is 1.02. The number of likely N-dealkylation sites (N-methyl/N-ethyl adjacent to an activating group) is 1. The number of nitrogens with one attached hydrogen (secondary N) is 2. The Morgan fingerprint density at radius 3 is 2.85 bits per heavy atom. The van der Waals surface area contributed by atoms with E-state index in [1.165, 1.54) is 0 Å². The lowest BCUT2D eigenvalue weighted by molar-refractivity contribution is -0.140. The Hall–Kier alpha value is -0.660. The van der Waals surface area contributed by atoms with Crippen LogP contribution >= 0.6 is 35.3 Å². The number of morpholine rings is 1. The van der Waals surface area contributed by atoms with Gasteiger partial charge in [-0.15, -0.1) is 35.3 Å². The molecule has 0 spiro atoms. The summed E-state index contributed by atoms with van der Waals surface area (Å²) in [4.78, 5) is 10.3. The van der Waals surface area contributed by atoms with Crippen molar-refractivity contribution in [1.82, 2.24) is 20.5 Å². The molecule has 11 heteroatoms. The zero-order valence-electron chi connectivity index (χ0n) is 14.8. The van der Waals surface area contributed by atoms with E-state index in [1.54, 1.807) is 0 Å². The summed E-state index contributed by atoms with van der Waals surface area (Å²) in [5.41, 5.74) is -0.827. The van der Waals surface area contributed by atoms with Gasteiger partial charge in [-0.3, -0.25) is 4.99 Å². The minimum absolute atomic E-state index is 0. The SMILES string of the molecule is CCNC(=NCC1CN(C)CCO1)NCCc1nc(C(F)(F)F)cs1.I. The average Bonchev–Trinajstić information content (AvgIpc) is 3.02. The lowest BCUT2D eigenvalue weighted by atomic mass is 10.3. The molecule has 1 atom stereocenters. The minimum atomic E-state index is -4.38. The monoisotopic (exact) mass is 507 g/mol. The number of halogens is 4. The molecule has 2 N–H and O–H groups in total. The number of thiazole rings is 1. The second-order valence-electron chi connectivity index (χ2n) is 5.78. The molecule has 26 heavy (non-hydrogen) atoms. The molecular weight excluding hydrogens is 482 g/mol. The number of hydrogen-bond donors (Lipinski definition) is 2. The number of guanidine groups is 1. The first-order valence-electron chi connectivity index (χ1n) is 8.22. The first kappa shape index (κ1) is 23.4. The van der Waals surface area contributed by atoms with E-state index in [-0.39, 0.29) is 30.1 Å². The van der Waals surface area contributed by atoms with E-state index >= 15 is 0 Å². The molecule has 1 aliphatic rings. The Balaban J connectivity index is 0.00000338. The average molecular weight is 507 g/mol. The van der Waals surface area contributed by atoms with Crippen LogP contribution in [0.15, 0.2) is 10.4 Å². The van der Waals surface area contributed by atoms with Crippen molar-refractivity contribution < 1.29 is 17.9 Å². The van der Waals surface area contributed by atoms with E-state index in [1.807, 2.05) is 14.0 Å². The Morgan fingerprint density at radius 2 is 2.23 bits per heavy atom. The predicted octanol–water partition coefficient (Wildman–Crippen LogP) is 2.21. The normalized spacial score (nSPS) is 19.1. The molecule has 1 aliphatic heterocycles. The zero-order chi connectivity index (χ0) is 18.3. The van der Waals surface area contributed by atoms with Crippen LogP contribution in [0.5, 0.6) is 0 Å². The first-order valence-corrected chi connectivity index (χ1v) is 9.10. The third-order valence-corrected chi connectivity index (χ3v) is 4.52. The topological polar surface area (TPSA) is 61.8 Å². The van der Waals surface area contributed by atoms with Gasteiger partial charge in [0, 0.05) is 38.0 Å². The van der Waals surface area contributed by atoms with E-state index in [0.717, 1.165) is 29.8 Å². The molecule has 1 saturated heterocycles. The molecular formula is C15H25F3IN5OS. The molecule has 2 rings (SSSR count). The van der Waals surface area contributed by atoms with Gasteiger partial charge < -0.3 is 20.3 Å². The van der Waals surface area contributed by atoms with Crippen LogP contribution in [0.4, 0.5) is 13.2 Å². The maximum atomic E-state index is 12.5. The molecule has 0 aromatic carbocycles. The number of ether oxygens (including phenoxy) is 1. The van der Waals surface area contributed by atoms with Gasteiger partial charge in [0.2, 0.25) is 0 Å². The Morgan fingerprint density at radius 1 is 1.46 bits per heavy atom. The van der Waals surface area contributed by atoms with E-state index in [0.29, 0.717) is 43.6 Å². The Bertz CT molecular complexity index is 570. The highest BCUT2D eigenvalue weighted by atomic mass is 127. The zero-order valence-corrected chi connectivity index (χ0v) is 18.0. The third-order valence-electron chi connectivity index (χ3n) is 3.61. The van der Waals surface area contributed by atoms with Crippen molar-refractivity contribution >= 4 is 41.3 Å². The molecule has 0 radical (unpaired) electrons. The van der Waals surface area contributed by atoms with Crippen molar-refractivity contribution in [3.63, 3.8) is 0 Å². The van der Waals surface area contributed by atoms with Crippen LogP contribution < -0.4 is 10.6 Å².